The summed E-state index contributed by atoms with van der Waals surface area (Å²) in [6.07, 6.45) is 3.52. The van der Waals surface area contributed by atoms with Gasteiger partial charge in [0.15, 0.2) is 5.17 Å². The Morgan fingerprint density at radius 2 is 2.38 bits per heavy atom. The van der Waals surface area contributed by atoms with Crippen LogP contribution in [0.2, 0.25) is 0 Å². The summed E-state index contributed by atoms with van der Waals surface area (Å²) in [5, 5.41) is 3.64. The van der Waals surface area contributed by atoms with E-state index in [1.807, 2.05) is 6.07 Å². The number of amidine groups is 1. The molecule has 1 aromatic rings. The van der Waals surface area contributed by atoms with Crippen molar-refractivity contribution in [2.24, 2.45) is 4.99 Å². The lowest BCUT2D eigenvalue weighted by atomic mass is 10.2. The molecule has 1 N–H and O–H groups in total. The molecule has 3 nitrogen and oxygen atoms in total. The van der Waals surface area contributed by atoms with Crippen molar-refractivity contribution >= 4 is 34.2 Å². The molecule has 1 amide bonds. The Morgan fingerprint density at radius 1 is 1.44 bits per heavy atom. The van der Waals surface area contributed by atoms with Crippen molar-refractivity contribution in [3.05, 3.63) is 21.4 Å². The van der Waals surface area contributed by atoms with Gasteiger partial charge < -0.3 is 5.32 Å². The van der Waals surface area contributed by atoms with E-state index in [0.717, 1.165) is 35.2 Å². The largest absolute Gasteiger partial charge is 0.301 e. The van der Waals surface area contributed by atoms with Crippen molar-refractivity contribution in [3.8, 4) is 0 Å². The van der Waals surface area contributed by atoms with E-state index in [1.54, 1.807) is 23.1 Å². The van der Waals surface area contributed by atoms with Crippen molar-refractivity contribution < 1.29 is 4.79 Å². The van der Waals surface area contributed by atoms with E-state index >= 15 is 0 Å². The fraction of sp³-hybridized carbons (Fsp3) is 0.455. The number of thioether (sulfide) groups is 1. The highest BCUT2D eigenvalue weighted by Gasteiger charge is 2.19. The predicted molar refractivity (Wildman–Crippen MR) is 68.6 cm³/mol. The Morgan fingerprint density at radius 3 is 3.12 bits per heavy atom. The summed E-state index contributed by atoms with van der Waals surface area (Å²) in [5.41, 5.74) is 1.37. The fourth-order valence-corrected chi connectivity index (χ4v) is 3.88. The number of amides is 1. The zero-order valence-corrected chi connectivity index (χ0v) is 10.4. The smallest absolute Gasteiger partial charge is 0.267 e. The summed E-state index contributed by atoms with van der Waals surface area (Å²) >= 11 is 3.26. The van der Waals surface area contributed by atoms with Gasteiger partial charge in [-0.2, -0.15) is 0 Å². The first-order valence-electron chi connectivity index (χ1n) is 5.43. The number of fused-ring (bicyclic) bond motifs is 1. The Kier molecular flexibility index (Phi) is 2.73. The average molecular weight is 252 g/mol. The molecule has 0 saturated carbocycles. The van der Waals surface area contributed by atoms with Crippen LogP contribution in [0.25, 0.3) is 0 Å². The lowest BCUT2D eigenvalue weighted by Crippen LogP contribution is -2.26. The van der Waals surface area contributed by atoms with E-state index in [4.69, 9.17) is 0 Å². The molecule has 1 aliphatic heterocycles. The molecular formula is C11H12N2OS2. The molecule has 3 rings (SSSR count). The number of aliphatic imine (C=N–C) groups is 1. The monoisotopic (exact) mass is 252 g/mol. The molecule has 2 aliphatic rings. The summed E-state index contributed by atoms with van der Waals surface area (Å²) in [7, 11) is 0. The van der Waals surface area contributed by atoms with Crippen molar-refractivity contribution in [1.29, 1.82) is 0 Å². The molecule has 5 heteroatoms. The van der Waals surface area contributed by atoms with Crippen LogP contribution in [0.3, 0.4) is 0 Å². The summed E-state index contributed by atoms with van der Waals surface area (Å²) in [6, 6.07) is 2.04. The topological polar surface area (TPSA) is 41.5 Å². The van der Waals surface area contributed by atoms with Gasteiger partial charge in [-0.3, -0.25) is 9.79 Å². The molecule has 0 fully saturated rings. The minimum atomic E-state index is 0.00699. The van der Waals surface area contributed by atoms with Gasteiger partial charge in [-0.25, -0.2) is 0 Å². The minimum Gasteiger partial charge on any atom is -0.301 e. The standard InChI is InChI=1S/C11H12N2OS2/c14-10(13-11-12-4-5-15-11)9-6-7-2-1-3-8(7)16-9/h6H,1-5H2,(H,12,13,14). The highest BCUT2D eigenvalue weighted by Crippen LogP contribution is 2.30. The van der Waals surface area contributed by atoms with Gasteiger partial charge in [0.25, 0.3) is 5.91 Å². The van der Waals surface area contributed by atoms with Gasteiger partial charge in [0.2, 0.25) is 0 Å². The van der Waals surface area contributed by atoms with Crippen LogP contribution in [-0.4, -0.2) is 23.4 Å². The van der Waals surface area contributed by atoms with Gasteiger partial charge in [-0.1, -0.05) is 11.8 Å². The fourth-order valence-electron chi connectivity index (χ4n) is 2.01. The maximum absolute atomic E-state index is 11.9. The molecule has 0 unspecified atom stereocenters. The van der Waals surface area contributed by atoms with Crippen LogP contribution in [0.5, 0.6) is 0 Å². The molecule has 0 radical (unpaired) electrons. The van der Waals surface area contributed by atoms with E-state index in [9.17, 15) is 4.79 Å². The minimum absolute atomic E-state index is 0.00699. The quantitative estimate of drug-likeness (QED) is 0.831. The zero-order valence-electron chi connectivity index (χ0n) is 8.78. The Bertz CT molecular complexity index is 443. The summed E-state index contributed by atoms with van der Waals surface area (Å²) in [4.78, 5) is 18.4. The third-order valence-electron chi connectivity index (χ3n) is 2.78. The van der Waals surface area contributed by atoms with E-state index in [2.05, 4.69) is 10.3 Å². The van der Waals surface area contributed by atoms with Crippen LogP contribution in [0.4, 0.5) is 0 Å². The number of hydrogen-bond acceptors (Lipinski definition) is 4. The number of aryl methyl sites for hydroxylation is 2. The first-order chi connectivity index (χ1) is 7.83. The normalized spacial score (nSPS) is 18.4. The second-order valence-corrected chi connectivity index (χ2v) is 6.12. The Hall–Kier alpha value is -0.810. The molecule has 0 aromatic carbocycles. The second kappa shape index (κ2) is 4.22. The third kappa shape index (κ3) is 1.89. The van der Waals surface area contributed by atoms with Crippen LogP contribution in [0, 0.1) is 0 Å². The van der Waals surface area contributed by atoms with Crippen molar-refractivity contribution in [1.82, 2.24) is 5.32 Å². The SMILES string of the molecule is O=C(NC1=NCCS1)c1cc2c(s1)CCC2. The van der Waals surface area contributed by atoms with Crippen LogP contribution in [-0.2, 0) is 12.8 Å². The third-order valence-corrected chi connectivity index (χ3v) is 4.90. The number of carbonyl (C=O) groups excluding carboxylic acids is 1. The van der Waals surface area contributed by atoms with Gasteiger partial charge in [0.05, 0.1) is 11.4 Å². The summed E-state index contributed by atoms with van der Waals surface area (Å²) in [6.45, 7) is 0.821. The summed E-state index contributed by atoms with van der Waals surface area (Å²) < 4.78 is 0. The lowest BCUT2D eigenvalue weighted by Gasteiger charge is -2.00. The number of thiophene rings is 1. The molecule has 16 heavy (non-hydrogen) atoms. The number of nitrogens with zero attached hydrogens (tertiary/aromatic N) is 1. The van der Waals surface area contributed by atoms with E-state index in [-0.39, 0.29) is 5.91 Å². The molecule has 0 bridgehead atoms. The molecule has 84 valence electrons. The highest BCUT2D eigenvalue weighted by atomic mass is 32.2. The van der Waals surface area contributed by atoms with Crippen LogP contribution in [0.15, 0.2) is 11.1 Å². The molecule has 0 spiro atoms. The summed E-state index contributed by atoms with van der Waals surface area (Å²) in [5.74, 6) is 0.990. The first kappa shape index (κ1) is 10.4. The number of nitrogens with one attached hydrogen (secondary N) is 1. The van der Waals surface area contributed by atoms with Crippen LogP contribution < -0.4 is 5.32 Å². The van der Waals surface area contributed by atoms with Gasteiger partial charge in [-0.05, 0) is 30.9 Å². The molecule has 0 atom stereocenters. The molecule has 0 saturated heterocycles. The first-order valence-corrected chi connectivity index (χ1v) is 7.23. The average Bonchev–Trinajstić information content (AvgIpc) is 2.91. The van der Waals surface area contributed by atoms with E-state index in [1.165, 1.54) is 16.9 Å². The van der Waals surface area contributed by atoms with Crippen molar-refractivity contribution in [3.63, 3.8) is 0 Å². The molecular weight excluding hydrogens is 240 g/mol. The number of carbonyl (C=O) groups is 1. The van der Waals surface area contributed by atoms with E-state index in [0.29, 0.717) is 0 Å². The Labute approximate surface area is 102 Å². The Balaban J connectivity index is 1.73. The van der Waals surface area contributed by atoms with Crippen LogP contribution in [0.1, 0.15) is 26.5 Å². The van der Waals surface area contributed by atoms with Gasteiger partial charge in [-0.15, -0.1) is 11.3 Å². The maximum atomic E-state index is 11.9. The van der Waals surface area contributed by atoms with Crippen molar-refractivity contribution in [2.45, 2.75) is 19.3 Å². The molecule has 2 heterocycles. The van der Waals surface area contributed by atoms with Crippen molar-refractivity contribution in [2.75, 3.05) is 12.3 Å². The lowest BCUT2D eigenvalue weighted by molar-refractivity contribution is 0.0982. The molecule has 1 aliphatic carbocycles. The van der Waals surface area contributed by atoms with Gasteiger partial charge in [0, 0.05) is 10.6 Å². The van der Waals surface area contributed by atoms with Gasteiger partial charge >= 0.3 is 0 Å². The highest BCUT2D eigenvalue weighted by molar-refractivity contribution is 8.14. The zero-order chi connectivity index (χ0) is 11.0. The van der Waals surface area contributed by atoms with Crippen LogP contribution >= 0.6 is 23.1 Å². The molecule has 1 aromatic heterocycles. The van der Waals surface area contributed by atoms with E-state index < -0.39 is 0 Å². The predicted octanol–water partition coefficient (Wildman–Crippen LogP) is 2.07. The second-order valence-electron chi connectivity index (χ2n) is 3.90. The number of hydrogen-bond donors (Lipinski definition) is 1. The number of rotatable bonds is 1. The maximum Gasteiger partial charge on any atom is 0.267 e. The van der Waals surface area contributed by atoms with Gasteiger partial charge in [0.1, 0.15) is 0 Å².